The lowest BCUT2D eigenvalue weighted by molar-refractivity contribution is -0.133. The number of para-hydroxylation sites is 2. The third-order valence-electron chi connectivity index (χ3n) is 6.89. The number of benzene rings is 3. The van der Waals surface area contributed by atoms with Crippen molar-refractivity contribution in [2.45, 2.75) is 31.8 Å². The smallest absolute Gasteiger partial charge is 0.294 e. The summed E-state index contributed by atoms with van der Waals surface area (Å²) in [6.45, 7) is 2.38. The summed E-state index contributed by atoms with van der Waals surface area (Å²) in [7, 11) is 1.60. The Kier molecular flexibility index (Phi) is 6.86. The van der Waals surface area contributed by atoms with E-state index in [1.54, 1.807) is 25.0 Å². The van der Waals surface area contributed by atoms with Gasteiger partial charge in [-0.2, -0.15) is 0 Å². The minimum atomic E-state index is -1.25. The SMILES string of the molecule is COc1ccccc1CNC(=O)C1(C)COc2c(oc3ccccc23)C(=O)N1CCCc1ccccc1. The van der Waals surface area contributed by atoms with Crippen molar-refractivity contribution >= 4 is 22.8 Å². The van der Waals surface area contributed by atoms with Crippen LogP contribution in [0, 0.1) is 0 Å². The maximum absolute atomic E-state index is 13.9. The molecule has 190 valence electrons. The fourth-order valence-corrected chi connectivity index (χ4v) is 4.78. The lowest BCUT2D eigenvalue weighted by Gasteiger charge is -2.37. The molecule has 0 fully saturated rings. The predicted octanol–water partition coefficient (Wildman–Crippen LogP) is 4.98. The van der Waals surface area contributed by atoms with E-state index in [1.165, 1.54) is 5.56 Å². The first-order valence-electron chi connectivity index (χ1n) is 12.4. The molecule has 1 N–H and O–H groups in total. The topological polar surface area (TPSA) is 81.0 Å². The second-order valence-electron chi connectivity index (χ2n) is 9.36. The van der Waals surface area contributed by atoms with E-state index >= 15 is 0 Å². The molecular weight excluding hydrogens is 468 g/mol. The molecular formula is C30H30N2O5. The van der Waals surface area contributed by atoms with Crippen molar-refractivity contribution in [3.05, 3.63) is 95.7 Å². The molecule has 0 aliphatic carbocycles. The summed E-state index contributed by atoms with van der Waals surface area (Å²) in [6.07, 6.45) is 1.46. The number of rotatable bonds is 8. The molecule has 2 amide bonds. The summed E-state index contributed by atoms with van der Waals surface area (Å²) in [5, 5.41) is 3.72. The van der Waals surface area contributed by atoms with Gasteiger partial charge < -0.3 is 24.1 Å². The fourth-order valence-electron chi connectivity index (χ4n) is 4.78. The molecule has 0 bridgehead atoms. The first kappa shape index (κ1) is 24.4. The Labute approximate surface area is 216 Å². The Morgan fingerprint density at radius 1 is 1.03 bits per heavy atom. The van der Waals surface area contributed by atoms with Gasteiger partial charge in [0.1, 0.15) is 17.9 Å². The van der Waals surface area contributed by atoms with Crippen LogP contribution in [-0.4, -0.2) is 42.5 Å². The zero-order valence-electron chi connectivity index (χ0n) is 21.0. The van der Waals surface area contributed by atoms with E-state index in [1.807, 2.05) is 60.7 Å². The molecule has 0 spiro atoms. The van der Waals surface area contributed by atoms with Crippen LogP contribution in [0.25, 0.3) is 11.0 Å². The molecule has 1 atom stereocenters. The molecule has 0 radical (unpaired) electrons. The van der Waals surface area contributed by atoms with E-state index in [4.69, 9.17) is 13.9 Å². The number of carbonyl (C=O) groups excluding carboxylic acids is 2. The average Bonchev–Trinajstić information content (AvgIpc) is 3.27. The van der Waals surface area contributed by atoms with Crippen LogP contribution in [0.15, 0.2) is 83.3 Å². The Balaban J connectivity index is 1.43. The zero-order chi connectivity index (χ0) is 25.8. The van der Waals surface area contributed by atoms with Crippen LogP contribution >= 0.6 is 0 Å². The van der Waals surface area contributed by atoms with Crippen LogP contribution in [0.5, 0.6) is 11.5 Å². The number of methoxy groups -OCH3 is 1. The van der Waals surface area contributed by atoms with Gasteiger partial charge in [-0.25, -0.2) is 0 Å². The first-order valence-corrected chi connectivity index (χ1v) is 12.4. The van der Waals surface area contributed by atoms with E-state index in [2.05, 4.69) is 17.4 Å². The summed E-state index contributed by atoms with van der Waals surface area (Å²) < 4.78 is 17.5. The van der Waals surface area contributed by atoms with Gasteiger partial charge in [-0.15, -0.1) is 0 Å². The van der Waals surface area contributed by atoms with Gasteiger partial charge in [-0.05, 0) is 43.5 Å². The standard InChI is InChI=1S/C30H30N2O5/c1-30(29(34)31-19-22-14-6-8-16-24(22)35-2)20-36-26-23-15-7-9-17-25(23)37-27(26)28(33)32(30)18-10-13-21-11-4-3-5-12-21/h3-9,11-12,14-17H,10,13,18-20H2,1-2H3,(H,31,34). The van der Waals surface area contributed by atoms with Gasteiger partial charge in [0.2, 0.25) is 11.7 Å². The van der Waals surface area contributed by atoms with Crippen LogP contribution in [0.1, 0.15) is 35.0 Å². The highest BCUT2D eigenvalue weighted by Crippen LogP contribution is 2.38. The number of amides is 2. The minimum Gasteiger partial charge on any atom is -0.496 e. The number of fused-ring (bicyclic) bond motifs is 3. The van der Waals surface area contributed by atoms with E-state index in [-0.39, 0.29) is 30.7 Å². The number of hydrogen-bond donors (Lipinski definition) is 1. The van der Waals surface area contributed by atoms with Crippen molar-refractivity contribution in [3.63, 3.8) is 0 Å². The lowest BCUT2D eigenvalue weighted by atomic mass is 9.98. The van der Waals surface area contributed by atoms with E-state index in [0.717, 1.165) is 12.0 Å². The van der Waals surface area contributed by atoms with Crippen LogP contribution in [0.4, 0.5) is 0 Å². The Morgan fingerprint density at radius 2 is 1.76 bits per heavy atom. The van der Waals surface area contributed by atoms with Gasteiger partial charge in [0.15, 0.2) is 11.3 Å². The highest BCUT2D eigenvalue weighted by Gasteiger charge is 2.47. The Morgan fingerprint density at radius 3 is 2.57 bits per heavy atom. The summed E-state index contributed by atoms with van der Waals surface area (Å²) in [5.74, 6) is 0.538. The molecule has 3 aromatic carbocycles. The van der Waals surface area contributed by atoms with E-state index in [0.29, 0.717) is 35.4 Å². The van der Waals surface area contributed by atoms with Gasteiger partial charge in [0, 0.05) is 18.7 Å². The fraction of sp³-hybridized carbons (Fsp3) is 0.267. The Hall–Kier alpha value is -4.26. The van der Waals surface area contributed by atoms with E-state index < -0.39 is 5.54 Å². The zero-order valence-corrected chi connectivity index (χ0v) is 21.0. The molecule has 0 saturated carbocycles. The van der Waals surface area contributed by atoms with Gasteiger partial charge >= 0.3 is 0 Å². The molecule has 1 unspecified atom stereocenters. The maximum atomic E-state index is 13.9. The number of hydrogen-bond acceptors (Lipinski definition) is 5. The van der Waals surface area contributed by atoms with Crippen LogP contribution in [-0.2, 0) is 17.8 Å². The summed E-state index contributed by atoms with van der Waals surface area (Å²) in [4.78, 5) is 29.2. The summed E-state index contributed by atoms with van der Waals surface area (Å²) >= 11 is 0. The van der Waals surface area contributed by atoms with Gasteiger partial charge in [0.05, 0.1) is 12.5 Å². The van der Waals surface area contributed by atoms with Crippen LogP contribution < -0.4 is 14.8 Å². The average molecular weight is 499 g/mol. The third kappa shape index (κ3) is 4.77. The van der Waals surface area contributed by atoms with Crippen molar-refractivity contribution < 1.29 is 23.5 Å². The normalized spacial score (nSPS) is 17.1. The second kappa shape index (κ2) is 10.4. The van der Waals surface area contributed by atoms with Crippen molar-refractivity contribution in [2.75, 3.05) is 20.3 Å². The molecule has 5 rings (SSSR count). The monoisotopic (exact) mass is 498 g/mol. The third-order valence-corrected chi connectivity index (χ3v) is 6.89. The number of aryl methyl sites for hydroxylation is 1. The second-order valence-corrected chi connectivity index (χ2v) is 9.36. The molecule has 37 heavy (non-hydrogen) atoms. The van der Waals surface area contributed by atoms with E-state index in [9.17, 15) is 9.59 Å². The van der Waals surface area contributed by atoms with Gasteiger partial charge in [-0.1, -0.05) is 60.7 Å². The number of carbonyl (C=O) groups is 2. The Bertz CT molecular complexity index is 1410. The first-order chi connectivity index (χ1) is 18.0. The quantitative estimate of drug-likeness (QED) is 0.370. The molecule has 2 heterocycles. The molecule has 1 aliphatic heterocycles. The van der Waals surface area contributed by atoms with Crippen molar-refractivity contribution in [3.8, 4) is 11.5 Å². The minimum absolute atomic E-state index is 0.00162. The molecule has 4 aromatic rings. The molecule has 1 aromatic heterocycles. The number of nitrogens with zero attached hydrogens (tertiary/aromatic N) is 1. The number of furan rings is 1. The van der Waals surface area contributed by atoms with Crippen LogP contribution in [0.3, 0.4) is 0 Å². The molecule has 7 heteroatoms. The summed E-state index contributed by atoms with van der Waals surface area (Å²) in [5.41, 5.74) is 1.34. The van der Waals surface area contributed by atoms with Gasteiger partial charge in [-0.3, -0.25) is 9.59 Å². The lowest BCUT2D eigenvalue weighted by Crippen LogP contribution is -2.61. The predicted molar refractivity (Wildman–Crippen MR) is 141 cm³/mol. The largest absolute Gasteiger partial charge is 0.496 e. The summed E-state index contributed by atoms with van der Waals surface area (Å²) in [6, 6.07) is 25.0. The molecule has 1 aliphatic rings. The highest BCUT2D eigenvalue weighted by atomic mass is 16.5. The van der Waals surface area contributed by atoms with Crippen molar-refractivity contribution in [1.82, 2.24) is 10.2 Å². The highest BCUT2D eigenvalue weighted by molar-refractivity contribution is 6.04. The number of ether oxygens (including phenoxy) is 2. The maximum Gasteiger partial charge on any atom is 0.294 e. The molecule has 7 nitrogen and oxygen atoms in total. The van der Waals surface area contributed by atoms with Gasteiger partial charge in [0.25, 0.3) is 5.91 Å². The van der Waals surface area contributed by atoms with Crippen molar-refractivity contribution in [1.29, 1.82) is 0 Å². The van der Waals surface area contributed by atoms with Crippen molar-refractivity contribution in [2.24, 2.45) is 0 Å². The number of nitrogens with one attached hydrogen (secondary N) is 1. The molecule has 0 saturated heterocycles. The van der Waals surface area contributed by atoms with Crippen LogP contribution in [0.2, 0.25) is 0 Å².